The van der Waals surface area contributed by atoms with Crippen LogP contribution in [0.2, 0.25) is 0 Å². The summed E-state index contributed by atoms with van der Waals surface area (Å²) < 4.78 is 17.5. The lowest BCUT2D eigenvalue weighted by atomic mass is 9.85. The SMILES string of the molecule is CCCCCCCCCCC(CCCCC)NC(=O)NC1CCCCCC1OC(=O)CCNC(=O)C1OC(C)(C)OCC1(C)C. The van der Waals surface area contributed by atoms with Gasteiger partial charge in [-0.15, -0.1) is 0 Å². The van der Waals surface area contributed by atoms with E-state index < -0.39 is 17.3 Å². The number of ether oxygens (including phenoxy) is 3. The number of urea groups is 1. The molecule has 0 aromatic carbocycles. The van der Waals surface area contributed by atoms with E-state index in [4.69, 9.17) is 14.2 Å². The van der Waals surface area contributed by atoms with Crippen LogP contribution in [0.25, 0.3) is 0 Å². The number of rotatable bonds is 20. The summed E-state index contributed by atoms with van der Waals surface area (Å²) in [7, 11) is 0. The Morgan fingerprint density at radius 2 is 1.42 bits per heavy atom. The molecule has 9 nitrogen and oxygen atoms in total. The van der Waals surface area contributed by atoms with Crippen LogP contribution in [-0.2, 0) is 23.8 Å². The van der Waals surface area contributed by atoms with Crippen LogP contribution in [0.15, 0.2) is 0 Å². The summed E-state index contributed by atoms with van der Waals surface area (Å²) in [5.74, 6) is -1.46. The highest BCUT2D eigenvalue weighted by molar-refractivity contribution is 5.82. The molecule has 1 aliphatic heterocycles. The van der Waals surface area contributed by atoms with Crippen LogP contribution in [0.4, 0.5) is 4.79 Å². The zero-order valence-electron chi connectivity index (χ0n) is 29.6. The molecule has 4 unspecified atom stereocenters. The number of esters is 1. The molecule has 2 fully saturated rings. The van der Waals surface area contributed by atoms with Crippen LogP contribution >= 0.6 is 0 Å². The zero-order valence-corrected chi connectivity index (χ0v) is 29.6. The van der Waals surface area contributed by atoms with Crippen molar-refractivity contribution in [3.63, 3.8) is 0 Å². The van der Waals surface area contributed by atoms with E-state index in [-0.39, 0.29) is 49.1 Å². The maximum atomic E-state index is 13.2. The molecule has 3 N–H and O–H groups in total. The van der Waals surface area contributed by atoms with Crippen molar-refractivity contribution in [2.75, 3.05) is 13.2 Å². The van der Waals surface area contributed by atoms with Crippen molar-refractivity contribution in [1.29, 1.82) is 0 Å². The number of nitrogens with one attached hydrogen (secondary N) is 3. The van der Waals surface area contributed by atoms with Gasteiger partial charge in [-0.1, -0.05) is 111 Å². The molecule has 2 aliphatic rings. The van der Waals surface area contributed by atoms with E-state index in [1.54, 1.807) is 13.8 Å². The molecule has 1 saturated heterocycles. The second-order valence-corrected chi connectivity index (χ2v) is 14.6. The molecule has 0 radical (unpaired) electrons. The van der Waals surface area contributed by atoms with Gasteiger partial charge >= 0.3 is 12.0 Å². The highest BCUT2D eigenvalue weighted by Crippen LogP contribution is 2.34. The summed E-state index contributed by atoms with van der Waals surface area (Å²) in [6.07, 6.45) is 19.2. The smallest absolute Gasteiger partial charge is 0.315 e. The molecule has 0 aromatic heterocycles. The average Bonchev–Trinajstić information content (AvgIpc) is 3.20. The van der Waals surface area contributed by atoms with Crippen molar-refractivity contribution < 1.29 is 28.6 Å². The minimum absolute atomic E-state index is 0.0618. The van der Waals surface area contributed by atoms with Crippen LogP contribution in [0.1, 0.15) is 164 Å². The van der Waals surface area contributed by atoms with Gasteiger partial charge in [-0.3, -0.25) is 9.59 Å². The van der Waals surface area contributed by atoms with Gasteiger partial charge in [0.1, 0.15) is 12.2 Å². The molecular weight excluding hydrogens is 570 g/mol. The molecular formula is C36H67N3O6. The van der Waals surface area contributed by atoms with E-state index in [1.807, 2.05) is 13.8 Å². The summed E-state index contributed by atoms with van der Waals surface area (Å²) in [5, 5.41) is 9.29. The van der Waals surface area contributed by atoms with Crippen molar-refractivity contribution in [2.24, 2.45) is 5.41 Å². The Morgan fingerprint density at radius 3 is 2.11 bits per heavy atom. The fourth-order valence-corrected chi connectivity index (χ4v) is 6.36. The summed E-state index contributed by atoms with van der Waals surface area (Å²) >= 11 is 0. The Bertz CT molecular complexity index is 864. The van der Waals surface area contributed by atoms with Crippen molar-refractivity contribution >= 4 is 17.9 Å². The molecule has 9 heteroatoms. The second kappa shape index (κ2) is 21.1. The summed E-state index contributed by atoms with van der Waals surface area (Å²) in [5.41, 5.74) is -0.483. The third-order valence-electron chi connectivity index (χ3n) is 9.22. The van der Waals surface area contributed by atoms with Gasteiger partial charge in [0.2, 0.25) is 5.91 Å². The Labute approximate surface area is 274 Å². The van der Waals surface area contributed by atoms with Crippen molar-refractivity contribution in [1.82, 2.24) is 16.0 Å². The van der Waals surface area contributed by atoms with E-state index >= 15 is 0 Å². The van der Waals surface area contributed by atoms with Gasteiger partial charge in [0, 0.05) is 18.0 Å². The summed E-state index contributed by atoms with van der Waals surface area (Å²) in [6.45, 7) is 12.5. The van der Waals surface area contributed by atoms with Crippen LogP contribution in [-0.4, -0.2) is 61.1 Å². The van der Waals surface area contributed by atoms with E-state index in [9.17, 15) is 14.4 Å². The topological polar surface area (TPSA) is 115 Å². The maximum Gasteiger partial charge on any atom is 0.315 e. The number of carbonyl (C=O) groups excluding carboxylic acids is 3. The monoisotopic (exact) mass is 638 g/mol. The van der Waals surface area contributed by atoms with Crippen molar-refractivity contribution in [3.8, 4) is 0 Å². The standard InChI is InChI=1S/C36H67N3O6/c1-7-9-11-12-13-14-15-18-22-28(21-17-10-8-2)38-34(42)39-29-23-19-16-20-24-30(29)44-31(40)25-26-37-33(41)32-35(3,4)27-43-36(5,6)45-32/h28-30,32H,7-27H2,1-6H3,(H,37,41)(H2,38,39,42). The highest BCUT2D eigenvalue weighted by atomic mass is 16.7. The van der Waals surface area contributed by atoms with Crippen LogP contribution in [0, 0.1) is 5.41 Å². The first-order valence-corrected chi connectivity index (χ1v) is 18.3. The third-order valence-corrected chi connectivity index (χ3v) is 9.22. The quantitative estimate of drug-likeness (QED) is 0.0716. The first-order valence-electron chi connectivity index (χ1n) is 18.3. The van der Waals surface area contributed by atoms with Gasteiger partial charge in [0.05, 0.1) is 19.1 Å². The molecule has 2 rings (SSSR count). The summed E-state index contributed by atoms with van der Waals surface area (Å²) in [4.78, 5) is 39.0. The number of unbranched alkanes of at least 4 members (excludes halogenated alkanes) is 9. The Balaban J connectivity index is 1.82. The first kappa shape index (κ1) is 39.3. The largest absolute Gasteiger partial charge is 0.460 e. The number of hydrogen-bond donors (Lipinski definition) is 3. The van der Waals surface area contributed by atoms with Gasteiger partial charge in [0.15, 0.2) is 5.79 Å². The number of hydrogen-bond acceptors (Lipinski definition) is 6. The van der Waals surface area contributed by atoms with E-state index in [2.05, 4.69) is 29.8 Å². The summed E-state index contributed by atoms with van der Waals surface area (Å²) in [6, 6.07) is -0.204. The zero-order chi connectivity index (χ0) is 33.1. The average molecular weight is 638 g/mol. The van der Waals surface area contributed by atoms with Crippen LogP contribution in [0.5, 0.6) is 0 Å². The van der Waals surface area contributed by atoms with E-state index in [0.29, 0.717) is 6.61 Å². The van der Waals surface area contributed by atoms with Gasteiger partial charge in [-0.05, 0) is 46.0 Å². The van der Waals surface area contributed by atoms with E-state index in [0.717, 1.165) is 64.2 Å². The molecule has 0 bridgehead atoms. The Morgan fingerprint density at radius 1 is 0.822 bits per heavy atom. The lowest BCUT2D eigenvalue weighted by Crippen LogP contribution is -2.56. The molecule has 1 saturated carbocycles. The van der Waals surface area contributed by atoms with Crippen molar-refractivity contribution in [2.45, 2.75) is 194 Å². The molecule has 0 spiro atoms. The fourth-order valence-electron chi connectivity index (χ4n) is 6.36. The molecule has 1 aliphatic carbocycles. The molecule has 4 atom stereocenters. The normalized spacial score (nSPS) is 23.4. The molecule has 262 valence electrons. The lowest BCUT2D eigenvalue weighted by molar-refractivity contribution is -0.304. The molecule has 0 aromatic rings. The van der Waals surface area contributed by atoms with Crippen molar-refractivity contribution in [3.05, 3.63) is 0 Å². The first-order chi connectivity index (χ1) is 21.5. The third kappa shape index (κ3) is 16.0. The molecule has 45 heavy (non-hydrogen) atoms. The lowest BCUT2D eigenvalue weighted by Gasteiger charge is -2.44. The number of carbonyl (C=O) groups is 3. The number of amides is 3. The predicted octanol–water partition coefficient (Wildman–Crippen LogP) is 7.69. The van der Waals surface area contributed by atoms with Gasteiger partial charge in [-0.25, -0.2) is 4.79 Å². The molecule has 1 heterocycles. The van der Waals surface area contributed by atoms with Crippen LogP contribution in [0.3, 0.4) is 0 Å². The van der Waals surface area contributed by atoms with Gasteiger partial charge < -0.3 is 30.2 Å². The fraction of sp³-hybridized carbons (Fsp3) is 0.917. The Kier molecular flexibility index (Phi) is 18.4. The van der Waals surface area contributed by atoms with Gasteiger partial charge in [0.25, 0.3) is 0 Å². The van der Waals surface area contributed by atoms with Gasteiger partial charge in [-0.2, -0.15) is 0 Å². The predicted molar refractivity (Wildman–Crippen MR) is 180 cm³/mol. The van der Waals surface area contributed by atoms with E-state index in [1.165, 1.54) is 51.4 Å². The second-order valence-electron chi connectivity index (χ2n) is 14.6. The maximum absolute atomic E-state index is 13.2. The minimum atomic E-state index is -0.840. The molecule has 3 amide bonds. The highest BCUT2D eigenvalue weighted by Gasteiger charge is 2.45. The van der Waals surface area contributed by atoms with Crippen LogP contribution < -0.4 is 16.0 Å². The minimum Gasteiger partial charge on any atom is -0.460 e. The Hall–Kier alpha value is -1.87.